The topological polar surface area (TPSA) is 62.9 Å². The van der Waals surface area contributed by atoms with Gasteiger partial charge in [-0.25, -0.2) is 4.39 Å². The molecule has 0 radical (unpaired) electrons. The average molecular weight is 352 g/mol. The lowest BCUT2D eigenvalue weighted by molar-refractivity contribution is 0.0180. The van der Waals surface area contributed by atoms with Gasteiger partial charge in [0.15, 0.2) is 0 Å². The highest BCUT2D eigenvalue weighted by molar-refractivity contribution is 9.10. The third-order valence-corrected chi connectivity index (χ3v) is 2.95. The summed E-state index contributed by atoms with van der Waals surface area (Å²) in [5.74, 6) is -0.104. The van der Waals surface area contributed by atoms with Gasteiger partial charge in [-0.05, 0) is 22.0 Å². The summed E-state index contributed by atoms with van der Waals surface area (Å²) in [4.78, 5) is 0. The lowest BCUT2D eigenvalue weighted by atomic mass is 10.3. The number of hydrogen-bond donors (Lipinski definition) is 1. The number of rotatable bonds is 10. The van der Waals surface area contributed by atoms with E-state index in [-0.39, 0.29) is 0 Å². The lowest BCUT2D eigenvalue weighted by Crippen LogP contribution is -2.12. The first-order valence-corrected chi connectivity index (χ1v) is 6.96. The molecule has 1 aromatic carbocycles. The van der Waals surface area contributed by atoms with Gasteiger partial charge in [-0.2, -0.15) is 0 Å². The van der Waals surface area contributed by atoms with Crippen molar-refractivity contribution in [2.75, 3.05) is 52.5 Å². The smallest absolute Gasteiger partial charge is 0.145 e. The van der Waals surface area contributed by atoms with Crippen LogP contribution in [0.2, 0.25) is 0 Å². The summed E-state index contributed by atoms with van der Waals surface area (Å²) in [6.45, 7) is 2.76. The van der Waals surface area contributed by atoms with Crippen molar-refractivity contribution in [3.05, 3.63) is 22.4 Å². The molecule has 0 heterocycles. The molecule has 2 N–H and O–H groups in total. The number of methoxy groups -OCH3 is 1. The van der Waals surface area contributed by atoms with E-state index in [2.05, 4.69) is 15.9 Å². The van der Waals surface area contributed by atoms with Crippen molar-refractivity contribution in [3.63, 3.8) is 0 Å². The molecule has 0 aliphatic carbocycles. The van der Waals surface area contributed by atoms with E-state index in [1.165, 1.54) is 12.1 Å². The van der Waals surface area contributed by atoms with Crippen LogP contribution in [0, 0.1) is 5.82 Å². The van der Waals surface area contributed by atoms with E-state index in [0.29, 0.717) is 55.6 Å². The third kappa shape index (κ3) is 6.51. The number of nitrogens with two attached hydrogens (primary N) is 1. The van der Waals surface area contributed by atoms with Gasteiger partial charge in [-0.3, -0.25) is 0 Å². The minimum absolute atomic E-state index is 0.295. The zero-order valence-corrected chi connectivity index (χ0v) is 12.9. The maximum atomic E-state index is 13.3. The molecule has 0 saturated carbocycles. The quantitative estimate of drug-likeness (QED) is 0.517. The fourth-order valence-corrected chi connectivity index (χ4v) is 1.70. The number of anilines is 1. The molecule has 114 valence electrons. The second-order valence-electron chi connectivity index (χ2n) is 3.87. The first-order valence-electron chi connectivity index (χ1n) is 6.17. The van der Waals surface area contributed by atoms with Crippen LogP contribution in [0.25, 0.3) is 0 Å². The number of halogens is 2. The monoisotopic (exact) mass is 351 g/mol. The van der Waals surface area contributed by atoms with Gasteiger partial charge in [0.05, 0.1) is 43.2 Å². The van der Waals surface area contributed by atoms with Gasteiger partial charge >= 0.3 is 0 Å². The molecule has 0 aliphatic rings. The van der Waals surface area contributed by atoms with Crippen LogP contribution in [0.15, 0.2) is 16.6 Å². The fraction of sp³-hybridized carbons (Fsp3) is 0.538. The molecular formula is C13H19BrFNO4. The molecule has 0 fully saturated rings. The zero-order valence-electron chi connectivity index (χ0n) is 11.4. The van der Waals surface area contributed by atoms with Gasteiger partial charge in [0.1, 0.15) is 18.2 Å². The van der Waals surface area contributed by atoms with E-state index in [1.54, 1.807) is 7.11 Å². The SMILES string of the molecule is COCCOCCOCCOc1cc(F)c(Br)cc1N. The van der Waals surface area contributed by atoms with Gasteiger partial charge in [-0.15, -0.1) is 0 Å². The Morgan fingerprint density at radius 2 is 1.65 bits per heavy atom. The van der Waals surface area contributed by atoms with Crippen LogP contribution in [0.5, 0.6) is 5.75 Å². The predicted octanol–water partition coefficient (Wildman–Crippen LogP) is 2.23. The maximum absolute atomic E-state index is 13.3. The molecule has 0 amide bonds. The number of benzene rings is 1. The Kier molecular flexibility index (Phi) is 8.52. The van der Waals surface area contributed by atoms with E-state index in [1.807, 2.05) is 0 Å². The summed E-state index contributed by atoms with van der Waals surface area (Å²) in [6.07, 6.45) is 0. The van der Waals surface area contributed by atoms with Crippen molar-refractivity contribution >= 4 is 21.6 Å². The molecule has 1 rings (SSSR count). The van der Waals surface area contributed by atoms with Gasteiger partial charge in [0.2, 0.25) is 0 Å². The van der Waals surface area contributed by atoms with Crippen LogP contribution in [0.3, 0.4) is 0 Å². The summed E-state index contributed by atoms with van der Waals surface area (Å²) < 4.78 is 34.3. The van der Waals surface area contributed by atoms with Crippen molar-refractivity contribution in [2.45, 2.75) is 0 Å². The predicted molar refractivity (Wildman–Crippen MR) is 77.5 cm³/mol. The molecule has 7 heteroatoms. The summed E-state index contributed by atoms with van der Waals surface area (Å²) in [7, 11) is 1.62. The van der Waals surface area contributed by atoms with Crippen molar-refractivity contribution in [1.82, 2.24) is 0 Å². The summed E-state index contributed by atoms with van der Waals surface area (Å²) in [5.41, 5.74) is 6.08. The zero-order chi connectivity index (χ0) is 14.8. The molecule has 0 atom stereocenters. The molecule has 0 aromatic heterocycles. The van der Waals surface area contributed by atoms with Crippen LogP contribution in [-0.4, -0.2) is 46.8 Å². The van der Waals surface area contributed by atoms with Gasteiger partial charge in [0.25, 0.3) is 0 Å². The standard InChI is InChI=1S/C13H19BrFNO4/c1-17-2-3-18-4-5-19-6-7-20-13-9-11(15)10(14)8-12(13)16/h8-9H,2-7,16H2,1H3. The Morgan fingerprint density at radius 1 is 1.05 bits per heavy atom. The fourth-order valence-electron chi connectivity index (χ4n) is 1.34. The molecular weight excluding hydrogens is 333 g/mol. The van der Waals surface area contributed by atoms with Crippen LogP contribution in [0.4, 0.5) is 10.1 Å². The Bertz CT molecular complexity index is 406. The highest BCUT2D eigenvalue weighted by Gasteiger charge is 2.06. The first-order chi connectivity index (χ1) is 9.65. The second kappa shape index (κ2) is 9.93. The minimum atomic E-state index is -0.415. The van der Waals surface area contributed by atoms with E-state index in [9.17, 15) is 4.39 Å². The molecule has 1 aromatic rings. The van der Waals surface area contributed by atoms with Crippen LogP contribution < -0.4 is 10.5 Å². The summed E-state index contributed by atoms with van der Waals surface area (Å²) >= 11 is 3.05. The highest BCUT2D eigenvalue weighted by atomic mass is 79.9. The Labute approximate surface area is 126 Å². The van der Waals surface area contributed by atoms with Crippen molar-refractivity contribution in [3.8, 4) is 5.75 Å². The molecule has 0 spiro atoms. The molecule has 5 nitrogen and oxygen atoms in total. The third-order valence-electron chi connectivity index (χ3n) is 2.34. The Balaban J connectivity index is 2.11. The molecule has 0 aliphatic heterocycles. The van der Waals surface area contributed by atoms with E-state index in [0.717, 1.165) is 0 Å². The largest absolute Gasteiger partial charge is 0.489 e. The normalized spacial score (nSPS) is 10.8. The molecule has 0 unspecified atom stereocenters. The molecule has 20 heavy (non-hydrogen) atoms. The van der Waals surface area contributed by atoms with E-state index < -0.39 is 5.82 Å². The highest BCUT2D eigenvalue weighted by Crippen LogP contribution is 2.28. The summed E-state index contributed by atoms with van der Waals surface area (Å²) in [6, 6.07) is 2.71. The lowest BCUT2D eigenvalue weighted by Gasteiger charge is -2.10. The molecule has 0 saturated heterocycles. The van der Waals surface area contributed by atoms with Crippen molar-refractivity contribution < 1.29 is 23.3 Å². The number of ether oxygens (including phenoxy) is 4. The molecule has 0 bridgehead atoms. The van der Waals surface area contributed by atoms with E-state index in [4.69, 9.17) is 24.7 Å². The summed E-state index contributed by atoms with van der Waals surface area (Å²) in [5, 5.41) is 0. The number of nitrogen functional groups attached to an aromatic ring is 1. The minimum Gasteiger partial charge on any atom is -0.489 e. The Hall–Kier alpha value is -0.890. The average Bonchev–Trinajstić information content (AvgIpc) is 2.42. The van der Waals surface area contributed by atoms with Crippen LogP contribution in [-0.2, 0) is 14.2 Å². The number of hydrogen-bond acceptors (Lipinski definition) is 5. The Morgan fingerprint density at radius 3 is 2.30 bits per heavy atom. The first kappa shape index (κ1) is 17.2. The van der Waals surface area contributed by atoms with Crippen molar-refractivity contribution in [1.29, 1.82) is 0 Å². The second-order valence-corrected chi connectivity index (χ2v) is 4.72. The van der Waals surface area contributed by atoms with Gasteiger partial charge in [0, 0.05) is 13.2 Å². The van der Waals surface area contributed by atoms with Crippen LogP contribution >= 0.6 is 15.9 Å². The van der Waals surface area contributed by atoms with Gasteiger partial charge < -0.3 is 24.7 Å². The van der Waals surface area contributed by atoms with Gasteiger partial charge in [-0.1, -0.05) is 0 Å². The maximum Gasteiger partial charge on any atom is 0.145 e. The van der Waals surface area contributed by atoms with Crippen molar-refractivity contribution in [2.24, 2.45) is 0 Å². The van der Waals surface area contributed by atoms with E-state index >= 15 is 0 Å². The van der Waals surface area contributed by atoms with Crippen LogP contribution in [0.1, 0.15) is 0 Å².